The van der Waals surface area contributed by atoms with E-state index in [-0.39, 0.29) is 11.7 Å². The molecule has 1 heterocycles. The minimum Gasteiger partial charge on any atom is -0.352 e. The number of rotatable bonds is 8. The van der Waals surface area contributed by atoms with Crippen molar-refractivity contribution in [1.82, 2.24) is 14.9 Å². The summed E-state index contributed by atoms with van der Waals surface area (Å²) in [6.45, 7) is 1.35. The number of aryl methyl sites for hydroxylation is 1. The lowest BCUT2D eigenvalue weighted by molar-refractivity contribution is 0.0950. The van der Waals surface area contributed by atoms with Gasteiger partial charge in [0.25, 0.3) is 5.91 Å². The lowest BCUT2D eigenvalue weighted by atomic mass is 10.2. The number of fused-ring (bicyclic) bond motifs is 1. The van der Waals surface area contributed by atoms with Gasteiger partial charge in [-0.25, -0.2) is 9.37 Å². The van der Waals surface area contributed by atoms with Gasteiger partial charge in [-0.2, -0.15) is 0 Å². The first kappa shape index (κ1) is 20.2. The highest BCUT2D eigenvalue weighted by Crippen LogP contribution is 2.27. The van der Waals surface area contributed by atoms with Crippen LogP contribution in [0.25, 0.3) is 11.0 Å². The summed E-state index contributed by atoms with van der Waals surface area (Å²) >= 11 is 1.47. The molecule has 1 amide bonds. The molecule has 0 spiro atoms. The second-order valence-electron chi connectivity index (χ2n) is 6.91. The molecule has 152 valence electrons. The van der Waals surface area contributed by atoms with Crippen molar-refractivity contribution in [1.29, 1.82) is 0 Å². The summed E-state index contributed by atoms with van der Waals surface area (Å²) in [4.78, 5) is 17.9. The van der Waals surface area contributed by atoms with Crippen molar-refractivity contribution in [3.63, 3.8) is 0 Å². The molecule has 4 rings (SSSR count). The summed E-state index contributed by atoms with van der Waals surface area (Å²) in [7, 11) is 0. The zero-order chi connectivity index (χ0) is 20.8. The number of para-hydroxylation sites is 2. The summed E-state index contributed by atoms with van der Waals surface area (Å²) < 4.78 is 16.0. The number of hydrogen-bond acceptors (Lipinski definition) is 3. The van der Waals surface area contributed by atoms with Crippen molar-refractivity contribution in [2.24, 2.45) is 0 Å². The Morgan fingerprint density at radius 1 is 1.00 bits per heavy atom. The Kier molecular flexibility index (Phi) is 6.44. The third kappa shape index (κ3) is 4.71. The summed E-state index contributed by atoms with van der Waals surface area (Å²) in [6.07, 6.45) is 2.64. The number of aromatic nitrogens is 2. The molecule has 6 heteroatoms. The van der Waals surface area contributed by atoms with Crippen molar-refractivity contribution in [2.75, 3.05) is 6.54 Å². The van der Waals surface area contributed by atoms with Gasteiger partial charge in [-0.15, -0.1) is 11.8 Å². The largest absolute Gasteiger partial charge is 0.352 e. The van der Waals surface area contributed by atoms with Crippen molar-refractivity contribution in [3.8, 4) is 0 Å². The van der Waals surface area contributed by atoms with E-state index in [1.54, 1.807) is 12.1 Å². The maximum atomic E-state index is 13.9. The molecule has 4 nitrogen and oxygen atoms in total. The van der Waals surface area contributed by atoms with Crippen LogP contribution in [0.2, 0.25) is 0 Å². The molecule has 0 aliphatic rings. The molecule has 0 radical (unpaired) electrons. The molecule has 0 unspecified atom stereocenters. The van der Waals surface area contributed by atoms with E-state index in [9.17, 15) is 9.18 Å². The Morgan fingerprint density at radius 3 is 2.67 bits per heavy atom. The average Bonchev–Trinajstić information content (AvgIpc) is 3.19. The second-order valence-corrected chi connectivity index (χ2v) is 7.93. The first-order valence-electron chi connectivity index (χ1n) is 9.85. The van der Waals surface area contributed by atoms with Crippen molar-refractivity contribution in [2.45, 2.75) is 23.6 Å². The Hall–Kier alpha value is -3.12. The van der Waals surface area contributed by atoms with E-state index in [1.807, 2.05) is 60.9 Å². The zero-order valence-corrected chi connectivity index (χ0v) is 17.2. The van der Waals surface area contributed by atoms with Gasteiger partial charge < -0.3 is 9.88 Å². The number of nitrogens with zero attached hydrogens (tertiary/aromatic N) is 2. The fourth-order valence-electron chi connectivity index (χ4n) is 3.29. The zero-order valence-electron chi connectivity index (χ0n) is 16.4. The molecule has 3 aromatic carbocycles. The van der Waals surface area contributed by atoms with Gasteiger partial charge in [-0.05, 0) is 42.3 Å². The molecule has 4 aromatic rings. The summed E-state index contributed by atoms with van der Waals surface area (Å²) in [5.41, 5.74) is 3.32. The standard InChI is InChI=1S/C24H22FN3OS/c25-20-10-3-1-8-18(20)16-30-23-13-6-2-9-19(23)24(29)26-14-7-15-28-17-27-21-11-4-5-12-22(21)28/h1-6,8-13,17H,7,14-16H2,(H,26,29). The van der Waals surface area contributed by atoms with Crippen LogP contribution in [0.5, 0.6) is 0 Å². The van der Waals surface area contributed by atoms with E-state index < -0.39 is 0 Å². The monoisotopic (exact) mass is 419 g/mol. The van der Waals surface area contributed by atoms with Gasteiger partial charge in [-0.1, -0.05) is 42.5 Å². The number of amides is 1. The molecule has 1 N–H and O–H groups in total. The Morgan fingerprint density at radius 2 is 1.77 bits per heavy atom. The number of nitrogens with one attached hydrogen (secondary N) is 1. The van der Waals surface area contributed by atoms with Crippen molar-refractivity contribution >= 4 is 28.7 Å². The van der Waals surface area contributed by atoms with E-state index in [0.717, 1.165) is 28.9 Å². The number of halogens is 1. The molecule has 30 heavy (non-hydrogen) atoms. The van der Waals surface area contributed by atoms with E-state index in [2.05, 4.69) is 14.9 Å². The summed E-state index contributed by atoms with van der Waals surface area (Å²) in [5, 5.41) is 3.00. The number of carbonyl (C=O) groups excluding carboxylic acids is 1. The molecule has 0 saturated heterocycles. The summed E-state index contributed by atoms with van der Waals surface area (Å²) in [6, 6.07) is 22.2. The lowest BCUT2D eigenvalue weighted by Gasteiger charge is -2.11. The quantitative estimate of drug-likeness (QED) is 0.312. The fourth-order valence-corrected chi connectivity index (χ4v) is 4.32. The van der Waals surface area contributed by atoms with Gasteiger partial charge in [0.15, 0.2) is 0 Å². The van der Waals surface area contributed by atoms with E-state index in [4.69, 9.17) is 0 Å². The van der Waals surface area contributed by atoms with Gasteiger partial charge in [-0.3, -0.25) is 4.79 Å². The van der Waals surface area contributed by atoms with Crippen LogP contribution in [0.15, 0.2) is 84.0 Å². The molecule has 0 fully saturated rings. The highest BCUT2D eigenvalue weighted by atomic mass is 32.2. The van der Waals surface area contributed by atoms with Crippen LogP contribution >= 0.6 is 11.8 Å². The molecular weight excluding hydrogens is 397 g/mol. The topological polar surface area (TPSA) is 46.9 Å². The van der Waals surface area contributed by atoms with E-state index >= 15 is 0 Å². The van der Waals surface area contributed by atoms with Crippen molar-refractivity contribution < 1.29 is 9.18 Å². The highest BCUT2D eigenvalue weighted by Gasteiger charge is 2.12. The maximum absolute atomic E-state index is 13.9. The number of imidazole rings is 1. The minimum absolute atomic E-state index is 0.109. The first-order valence-corrected chi connectivity index (χ1v) is 10.8. The molecule has 0 aliphatic heterocycles. The predicted octanol–water partition coefficient (Wildman–Crippen LogP) is 5.29. The van der Waals surface area contributed by atoms with Crippen molar-refractivity contribution in [3.05, 3.63) is 96.1 Å². The Bertz CT molecular complexity index is 1160. The molecule has 1 aromatic heterocycles. The number of hydrogen-bond donors (Lipinski definition) is 1. The average molecular weight is 420 g/mol. The lowest BCUT2D eigenvalue weighted by Crippen LogP contribution is -2.25. The maximum Gasteiger partial charge on any atom is 0.252 e. The molecule has 0 saturated carbocycles. The van der Waals surface area contributed by atoms with Crippen LogP contribution in [0, 0.1) is 5.82 Å². The Balaban J connectivity index is 1.33. The Labute approximate surface area is 179 Å². The van der Waals surface area contributed by atoms with Gasteiger partial charge >= 0.3 is 0 Å². The van der Waals surface area contributed by atoms with Gasteiger partial charge in [0, 0.05) is 23.7 Å². The SMILES string of the molecule is O=C(NCCCn1cnc2ccccc21)c1ccccc1SCc1ccccc1F. The molecule has 0 atom stereocenters. The second kappa shape index (κ2) is 9.59. The fraction of sp³-hybridized carbons (Fsp3) is 0.167. The number of benzene rings is 3. The predicted molar refractivity (Wildman–Crippen MR) is 119 cm³/mol. The van der Waals surface area contributed by atoms with E-state index in [0.29, 0.717) is 23.4 Å². The van der Waals surface area contributed by atoms with Crippen LogP contribution in [-0.4, -0.2) is 22.0 Å². The first-order chi connectivity index (χ1) is 14.7. The highest BCUT2D eigenvalue weighted by molar-refractivity contribution is 7.98. The normalized spacial score (nSPS) is 11.0. The molecule has 0 bridgehead atoms. The van der Waals surface area contributed by atoms with Gasteiger partial charge in [0.1, 0.15) is 5.82 Å². The summed E-state index contributed by atoms with van der Waals surface area (Å²) in [5.74, 6) is 0.145. The number of carbonyl (C=O) groups is 1. The van der Waals surface area contributed by atoms with Crippen LogP contribution in [0.1, 0.15) is 22.3 Å². The third-order valence-corrected chi connectivity index (χ3v) is 5.98. The number of thioether (sulfide) groups is 1. The van der Waals surface area contributed by atoms with Crippen LogP contribution in [-0.2, 0) is 12.3 Å². The molecule has 0 aliphatic carbocycles. The van der Waals surface area contributed by atoms with Crippen LogP contribution < -0.4 is 5.32 Å². The van der Waals surface area contributed by atoms with E-state index in [1.165, 1.54) is 17.8 Å². The van der Waals surface area contributed by atoms with Gasteiger partial charge in [0.2, 0.25) is 0 Å². The molecular formula is C24H22FN3OS. The smallest absolute Gasteiger partial charge is 0.252 e. The van der Waals surface area contributed by atoms with Gasteiger partial charge in [0.05, 0.1) is 22.9 Å². The van der Waals surface area contributed by atoms with Crippen LogP contribution in [0.3, 0.4) is 0 Å². The van der Waals surface area contributed by atoms with Crippen LogP contribution in [0.4, 0.5) is 4.39 Å². The third-order valence-electron chi connectivity index (χ3n) is 4.86. The minimum atomic E-state index is -0.223.